The molecule has 0 spiro atoms. The highest BCUT2D eigenvalue weighted by Gasteiger charge is 2.24. The average molecular weight is 433 g/mol. The van der Waals surface area contributed by atoms with Crippen molar-refractivity contribution in [3.63, 3.8) is 0 Å². The molecule has 3 aromatic rings. The summed E-state index contributed by atoms with van der Waals surface area (Å²) in [5.74, 6) is -0.251. The van der Waals surface area contributed by atoms with Gasteiger partial charge in [-0.25, -0.2) is 4.21 Å². The molecule has 4 rings (SSSR count). The lowest BCUT2D eigenvalue weighted by atomic mass is 10.1. The van der Waals surface area contributed by atoms with Crippen molar-refractivity contribution in [2.75, 3.05) is 17.1 Å². The summed E-state index contributed by atoms with van der Waals surface area (Å²) in [6, 6.07) is 9.50. The van der Waals surface area contributed by atoms with Gasteiger partial charge < -0.3 is 4.42 Å². The summed E-state index contributed by atoms with van der Waals surface area (Å²) in [6.07, 6.45) is -1.32. The third-order valence-electron chi connectivity index (χ3n) is 4.88. The van der Waals surface area contributed by atoms with Gasteiger partial charge in [-0.2, -0.15) is 8.78 Å². The number of aromatic nitrogens is 3. The second-order valence-electron chi connectivity index (χ2n) is 7.02. The van der Waals surface area contributed by atoms with Gasteiger partial charge in [0.1, 0.15) is 11.0 Å². The molecule has 1 aliphatic rings. The summed E-state index contributed by atoms with van der Waals surface area (Å²) >= 11 is 0. The number of hydrogen-bond acceptors (Lipinski definition) is 6. The highest BCUT2D eigenvalue weighted by Crippen LogP contribution is 2.32. The standard InChI is InChI=1S/C20H21F2N5O2S/c1-3-30(28)27(17-6-4-5-14-10-26(2)12-16(14)17)11-15-8-7-13(9-23-15)19-24-25-20(29-19)18(21)22/h4-9,18H,3,10-12H2,1-2H3. The minimum Gasteiger partial charge on any atom is -0.415 e. The molecular weight excluding hydrogens is 412 g/mol. The van der Waals surface area contributed by atoms with Crippen molar-refractivity contribution in [2.45, 2.75) is 33.0 Å². The van der Waals surface area contributed by atoms with Crippen LogP contribution in [-0.2, 0) is 30.6 Å². The Labute approximate surface area is 175 Å². The molecule has 0 saturated heterocycles. The lowest BCUT2D eigenvalue weighted by Crippen LogP contribution is -2.28. The first-order valence-corrected chi connectivity index (χ1v) is 10.8. The number of rotatable bonds is 7. The van der Waals surface area contributed by atoms with Crippen LogP contribution in [0.25, 0.3) is 11.5 Å². The summed E-state index contributed by atoms with van der Waals surface area (Å²) in [5.41, 5.74) is 4.51. The Balaban J connectivity index is 1.59. The van der Waals surface area contributed by atoms with Crippen molar-refractivity contribution < 1.29 is 17.4 Å². The zero-order valence-electron chi connectivity index (χ0n) is 16.6. The van der Waals surface area contributed by atoms with E-state index in [9.17, 15) is 13.0 Å². The number of pyridine rings is 1. The summed E-state index contributed by atoms with van der Waals surface area (Å²) in [5, 5.41) is 6.96. The van der Waals surface area contributed by atoms with Crippen LogP contribution in [0.4, 0.5) is 14.5 Å². The van der Waals surface area contributed by atoms with Gasteiger partial charge in [-0.3, -0.25) is 14.2 Å². The van der Waals surface area contributed by atoms with Crippen molar-refractivity contribution in [3.05, 3.63) is 59.2 Å². The first kappa shape index (κ1) is 20.5. The predicted octanol–water partition coefficient (Wildman–Crippen LogP) is 3.70. The number of anilines is 1. The van der Waals surface area contributed by atoms with E-state index in [2.05, 4.69) is 33.2 Å². The molecule has 0 radical (unpaired) electrons. The van der Waals surface area contributed by atoms with Crippen LogP contribution in [0, 0.1) is 0 Å². The van der Waals surface area contributed by atoms with Crippen LogP contribution in [0.1, 0.15) is 36.1 Å². The van der Waals surface area contributed by atoms with E-state index in [0.717, 1.165) is 18.8 Å². The Kier molecular flexibility index (Phi) is 5.87. The monoisotopic (exact) mass is 433 g/mol. The molecule has 30 heavy (non-hydrogen) atoms. The fourth-order valence-electron chi connectivity index (χ4n) is 3.46. The zero-order valence-corrected chi connectivity index (χ0v) is 17.4. The van der Waals surface area contributed by atoms with Crippen LogP contribution in [-0.4, -0.2) is 37.1 Å². The van der Waals surface area contributed by atoms with Gasteiger partial charge in [-0.1, -0.05) is 19.1 Å². The second-order valence-corrected chi connectivity index (χ2v) is 8.68. The Morgan fingerprint density at radius 1 is 1.23 bits per heavy atom. The molecule has 1 aliphatic heterocycles. The van der Waals surface area contributed by atoms with Crippen LogP contribution < -0.4 is 4.31 Å². The third-order valence-corrected chi connectivity index (χ3v) is 6.19. The van der Waals surface area contributed by atoms with E-state index in [1.54, 1.807) is 12.1 Å². The van der Waals surface area contributed by atoms with Crippen LogP contribution in [0.15, 0.2) is 40.9 Å². The minimum absolute atomic E-state index is 0.0118. The van der Waals surface area contributed by atoms with Crippen LogP contribution in [0.2, 0.25) is 0 Å². The molecule has 1 aromatic carbocycles. The van der Waals surface area contributed by atoms with Crippen LogP contribution >= 0.6 is 0 Å². The maximum atomic E-state index is 12.8. The molecule has 0 saturated carbocycles. The Morgan fingerprint density at radius 3 is 2.73 bits per heavy atom. The molecule has 10 heteroatoms. The fraction of sp³-hybridized carbons (Fsp3) is 0.350. The third kappa shape index (κ3) is 4.10. The number of alkyl halides is 2. The first-order chi connectivity index (χ1) is 14.5. The number of benzene rings is 1. The molecule has 2 aromatic heterocycles. The SMILES string of the molecule is CCS(=O)N(Cc1ccc(-c2nnc(C(F)F)o2)cn1)c1cccc2c1CN(C)C2. The molecule has 0 bridgehead atoms. The smallest absolute Gasteiger partial charge is 0.314 e. The van der Waals surface area contributed by atoms with E-state index in [1.807, 2.05) is 23.4 Å². The van der Waals surface area contributed by atoms with Crippen molar-refractivity contribution in [1.29, 1.82) is 0 Å². The van der Waals surface area contributed by atoms with E-state index in [-0.39, 0.29) is 5.89 Å². The maximum Gasteiger partial charge on any atom is 0.314 e. The van der Waals surface area contributed by atoms with Gasteiger partial charge >= 0.3 is 6.43 Å². The van der Waals surface area contributed by atoms with E-state index in [4.69, 9.17) is 4.42 Å². The lowest BCUT2D eigenvalue weighted by Gasteiger charge is -2.25. The van der Waals surface area contributed by atoms with Crippen molar-refractivity contribution >= 4 is 16.7 Å². The van der Waals surface area contributed by atoms with Crippen LogP contribution in [0.5, 0.6) is 0 Å². The molecule has 0 N–H and O–H groups in total. The highest BCUT2D eigenvalue weighted by atomic mass is 32.2. The van der Waals surface area contributed by atoms with Gasteiger partial charge in [0.25, 0.3) is 5.89 Å². The second kappa shape index (κ2) is 8.57. The Morgan fingerprint density at radius 2 is 2.07 bits per heavy atom. The van der Waals surface area contributed by atoms with Crippen molar-refractivity contribution in [3.8, 4) is 11.5 Å². The summed E-state index contributed by atoms with van der Waals surface area (Å²) < 4.78 is 45.0. The summed E-state index contributed by atoms with van der Waals surface area (Å²) in [6.45, 7) is 3.91. The van der Waals surface area contributed by atoms with Gasteiger partial charge in [0.15, 0.2) is 0 Å². The Bertz CT molecular complexity index is 1060. The summed E-state index contributed by atoms with van der Waals surface area (Å²) in [4.78, 5) is 6.61. The first-order valence-electron chi connectivity index (χ1n) is 9.48. The molecule has 0 fully saturated rings. The van der Waals surface area contributed by atoms with Gasteiger partial charge in [-0.15, -0.1) is 10.2 Å². The largest absolute Gasteiger partial charge is 0.415 e. The summed E-state index contributed by atoms with van der Waals surface area (Å²) in [7, 11) is 0.845. The zero-order chi connectivity index (χ0) is 21.3. The Hall–Kier alpha value is -2.72. The molecular formula is C20H21F2N5O2S. The topological polar surface area (TPSA) is 75.4 Å². The van der Waals surface area contributed by atoms with E-state index < -0.39 is 23.3 Å². The number of fused-ring (bicyclic) bond motifs is 1. The fourth-order valence-corrected chi connectivity index (χ4v) is 4.43. The molecule has 7 nitrogen and oxygen atoms in total. The van der Waals surface area contributed by atoms with Gasteiger partial charge in [0.2, 0.25) is 5.89 Å². The number of hydrogen-bond donors (Lipinski definition) is 0. The van der Waals surface area contributed by atoms with Crippen molar-refractivity contribution in [2.24, 2.45) is 0 Å². The number of nitrogens with zero attached hydrogens (tertiary/aromatic N) is 5. The average Bonchev–Trinajstić information content (AvgIpc) is 3.38. The normalized spacial score (nSPS) is 14.8. The van der Waals surface area contributed by atoms with E-state index >= 15 is 0 Å². The molecule has 0 amide bonds. The molecule has 158 valence electrons. The lowest BCUT2D eigenvalue weighted by molar-refractivity contribution is 0.116. The predicted molar refractivity (Wildman–Crippen MR) is 109 cm³/mol. The van der Waals surface area contributed by atoms with Crippen LogP contribution in [0.3, 0.4) is 0 Å². The van der Waals surface area contributed by atoms with Gasteiger partial charge in [0, 0.05) is 25.0 Å². The van der Waals surface area contributed by atoms with E-state index in [0.29, 0.717) is 23.6 Å². The van der Waals surface area contributed by atoms with Gasteiger partial charge in [0.05, 0.1) is 23.5 Å². The minimum atomic E-state index is -2.82. The number of halogens is 2. The van der Waals surface area contributed by atoms with Crippen molar-refractivity contribution in [1.82, 2.24) is 20.1 Å². The highest BCUT2D eigenvalue weighted by molar-refractivity contribution is 7.86. The quantitative estimate of drug-likeness (QED) is 0.566. The molecule has 0 aliphatic carbocycles. The molecule has 3 heterocycles. The molecule has 1 unspecified atom stereocenters. The molecule has 1 atom stereocenters. The van der Waals surface area contributed by atoms with Gasteiger partial charge in [-0.05, 0) is 36.4 Å². The van der Waals surface area contributed by atoms with E-state index in [1.165, 1.54) is 17.3 Å². The maximum absolute atomic E-state index is 12.8.